The van der Waals surface area contributed by atoms with Gasteiger partial charge in [0.1, 0.15) is 12.1 Å². The number of halogens is 1. The lowest BCUT2D eigenvalue weighted by molar-refractivity contribution is -0.124. The molecule has 0 saturated carbocycles. The normalized spacial score (nSPS) is 12.9. The van der Waals surface area contributed by atoms with Crippen molar-refractivity contribution in [1.29, 1.82) is 5.26 Å². The van der Waals surface area contributed by atoms with E-state index in [2.05, 4.69) is 16.2 Å². The van der Waals surface area contributed by atoms with Gasteiger partial charge in [0.15, 0.2) is 9.84 Å². The van der Waals surface area contributed by atoms with E-state index >= 15 is 0 Å². The molecule has 4 N–H and O–H groups in total. The Morgan fingerprint density at radius 3 is 2.26 bits per heavy atom. The lowest BCUT2D eigenvalue weighted by Gasteiger charge is -2.23. The number of sulfone groups is 1. The highest BCUT2D eigenvalue weighted by molar-refractivity contribution is 7.90. The molecule has 9 nitrogen and oxygen atoms in total. The van der Waals surface area contributed by atoms with Crippen molar-refractivity contribution in [2.24, 2.45) is 0 Å². The van der Waals surface area contributed by atoms with Crippen LogP contribution < -0.4 is 16.2 Å². The number of anilines is 1. The number of hydrogen-bond acceptors (Lipinski definition) is 7. The smallest absolute Gasteiger partial charge is 0.269 e. The van der Waals surface area contributed by atoms with Gasteiger partial charge in [-0.1, -0.05) is 11.6 Å². The first-order chi connectivity index (χ1) is 14.5. The number of amides is 2. The van der Waals surface area contributed by atoms with Gasteiger partial charge in [0.25, 0.3) is 11.8 Å². The van der Waals surface area contributed by atoms with Gasteiger partial charge in [-0.2, -0.15) is 5.26 Å². The van der Waals surface area contributed by atoms with Crippen LogP contribution in [0.2, 0.25) is 5.02 Å². The molecule has 0 aliphatic heterocycles. The minimum atomic E-state index is -3.40. The summed E-state index contributed by atoms with van der Waals surface area (Å²) in [5.41, 5.74) is 5.80. The fraction of sp³-hybridized carbons (Fsp3) is 0.250. The van der Waals surface area contributed by atoms with Crippen molar-refractivity contribution in [2.45, 2.75) is 30.9 Å². The maximum atomic E-state index is 12.5. The van der Waals surface area contributed by atoms with E-state index in [9.17, 15) is 23.1 Å². The lowest BCUT2D eigenvalue weighted by Crippen LogP contribution is -2.52. The third kappa shape index (κ3) is 5.95. The predicted octanol–water partition coefficient (Wildman–Crippen LogP) is 1.55. The van der Waals surface area contributed by atoms with E-state index in [0.717, 1.165) is 6.26 Å². The highest BCUT2D eigenvalue weighted by Crippen LogP contribution is 2.27. The molecule has 2 rings (SSSR count). The molecule has 0 saturated heterocycles. The Hall–Kier alpha value is -3.13. The average Bonchev–Trinajstić information content (AvgIpc) is 2.72. The van der Waals surface area contributed by atoms with Crippen LogP contribution in [0.25, 0.3) is 0 Å². The largest absolute Gasteiger partial charge is 0.391 e. The van der Waals surface area contributed by atoms with Crippen molar-refractivity contribution in [2.75, 3.05) is 11.6 Å². The zero-order chi connectivity index (χ0) is 23.3. The summed E-state index contributed by atoms with van der Waals surface area (Å²) >= 11 is 6.13. The van der Waals surface area contributed by atoms with Gasteiger partial charge in [-0.05, 0) is 55.8 Å². The molecule has 2 aromatic carbocycles. The SMILES string of the molecule is Cc1c(NC(C(=O)NNC(=O)c2ccc(S(C)(=O)=O)cc2)C(C)O)ccc(C#N)c1Cl. The molecule has 0 spiro atoms. The number of aliphatic hydroxyl groups excluding tert-OH is 1. The molecule has 2 aromatic rings. The number of aliphatic hydroxyl groups is 1. The minimum absolute atomic E-state index is 0.0582. The molecular weight excluding hydrogens is 444 g/mol. The van der Waals surface area contributed by atoms with Crippen molar-refractivity contribution in [3.8, 4) is 6.07 Å². The molecule has 0 fully saturated rings. The van der Waals surface area contributed by atoms with Crippen LogP contribution in [0.5, 0.6) is 0 Å². The highest BCUT2D eigenvalue weighted by Gasteiger charge is 2.25. The molecule has 0 aliphatic rings. The van der Waals surface area contributed by atoms with Gasteiger partial charge in [-0.15, -0.1) is 0 Å². The number of benzene rings is 2. The van der Waals surface area contributed by atoms with Gasteiger partial charge < -0.3 is 10.4 Å². The van der Waals surface area contributed by atoms with Crippen LogP contribution in [0, 0.1) is 18.3 Å². The van der Waals surface area contributed by atoms with Crippen LogP contribution in [-0.2, 0) is 14.6 Å². The number of carbonyl (C=O) groups excluding carboxylic acids is 2. The summed E-state index contributed by atoms with van der Waals surface area (Å²) < 4.78 is 23.0. The number of carbonyl (C=O) groups is 2. The van der Waals surface area contributed by atoms with E-state index in [1.54, 1.807) is 13.0 Å². The summed E-state index contributed by atoms with van der Waals surface area (Å²) in [6.07, 6.45) is -0.0893. The fourth-order valence-corrected chi connectivity index (χ4v) is 3.46. The van der Waals surface area contributed by atoms with Crippen LogP contribution in [-0.4, -0.2) is 43.7 Å². The molecule has 0 bridgehead atoms. The topological polar surface area (TPSA) is 148 Å². The molecule has 0 radical (unpaired) electrons. The standard InChI is InChI=1S/C20H21ClN4O5S/c1-11-16(9-6-14(10-22)17(11)21)23-18(12(2)26)20(28)25-24-19(27)13-4-7-15(8-5-13)31(3,29)30/h4-9,12,18,23,26H,1-3H3,(H,24,27)(H,25,28). The molecule has 2 amide bonds. The zero-order valence-electron chi connectivity index (χ0n) is 16.9. The van der Waals surface area contributed by atoms with E-state index in [0.29, 0.717) is 11.3 Å². The molecule has 2 unspecified atom stereocenters. The van der Waals surface area contributed by atoms with E-state index in [1.165, 1.54) is 37.3 Å². The van der Waals surface area contributed by atoms with Gasteiger partial charge in [0.05, 0.1) is 21.6 Å². The van der Waals surface area contributed by atoms with Crippen molar-refractivity contribution in [3.05, 3.63) is 58.1 Å². The second kappa shape index (κ2) is 9.78. The second-order valence-electron chi connectivity index (χ2n) is 6.81. The van der Waals surface area contributed by atoms with Crippen LogP contribution in [0.4, 0.5) is 5.69 Å². The lowest BCUT2D eigenvalue weighted by atomic mass is 10.1. The highest BCUT2D eigenvalue weighted by atomic mass is 35.5. The quantitative estimate of drug-likeness (QED) is 0.474. The number of nitrogens with one attached hydrogen (secondary N) is 3. The summed E-state index contributed by atoms with van der Waals surface area (Å²) in [6, 6.07) is 9.04. The summed E-state index contributed by atoms with van der Waals surface area (Å²) in [7, 11) is -3.40. The maximum absolute atomic E-state index is 12.5. The van der Waals surface area contributed by atoms with E-state index in [1.807, 2.05) is 6.07 Å². The number of nitrogens with zero attached hydrogens (tertiary/aromatic N) is 1. The van der Waals surface area contributed by atoms with Gasteiger partial charge >= 0.3 is 0 Å². The third-order valence-corrected chi connectivity index (χ3v) is 6.04. The fourth-order valence-electron chi connectivity index (χ4n) is 2.62. The van der Waals surface area contributed by atoms with Gasteiger partial charge in [0, 0.05) is 17.5 Å². The first kappa shape index (κ1) is 24.1. The minimum Gasteiger partial charge on any atom is -0.391 e. The first-order valence-corrected chi connectivity index (χ1v) is 11.3. The number of hydrazine groups is 1. The van der Waals surface area contributed by atoms with E-state index in [-0.39, 0.29) is 21.0 Å². The Balaban J connectivity index is 2.09. The van der Waals surface area contributed by atoms with Gasteiger partial charge in [-0.3, -0.25) is 20.4 Å². The summed E-state index contributed by atoms with van der Waals surface area (Å²) in [5, 5.41) is 22.1. The molecule has 0 aromatic heterocycles. The molecular formula is C20H21ClN4O5S. The van der Waals surface area contributed by atoms with Gasteiger partial charge in [-0.25, -0.2) is 8.42 Å². The van der Waals surface area contributed by atoms with E-state index < -0.39 is 33.8 Å². The predicted molar refractivity (Wildman–Crippen MR) is 115 cm³/mol. The Kier molecular flexibility index (Phi) is 7.62. The zero-order valence-corrected chi connectivity index (χ0v) is 18.5. The summed E-state index contributed by atoms with van der Waals surface area (Å²) in [4.78, 5) is 24.8. The number of nitriles is 1. The number of rotatable bonds is 6. The Labute approximate surface area is 184 Å². The van der Waals surface area contributed by atoms with Crippen LogP contribution in [0.15, 0.2) is 41.3 Å². The van der Waals surface area contributed by atoms with Crippen LogP contribution >= 0.6 is 11.6 Å². The van der Waals surface area contributed by atoms with Crippen molar-refractivity contribution >= 4 is 38.9 Å². The Bertz CT molecular complexity index is 1140. The van der Waals surface area contributed by atoms with Crippen molar-refractivity contribution in [3.63, 3.8) is 0 Å². The van der Waals surface area contributed by atoms with Crippen molar-refractivity contribution in [1.82, 2.24) is 10.9 Å². The average molecular weight is 465 g/mol. The molecule has 31 heavy (non-hydrogen) atoms. The Morgan fingerprint density at radius 2 is 1.74 bits per heavy atom. The van der Waals surface area contributed by atoms with Crippen molar-refractivity contribution < 1.29 is 23.1 Å². The third-order valence-electron chi connectivity index (χ3n) is 4.43. The molecule has 164 valence electrons. The number of hydrogen-bond donors (Lipinski definition) is 4. The molecule has 2 atom stereocenters. The van der Waals surface area contributed by atoms with Gasteiger partial charge in [0.2, 0.25) is 0 Å². The molecule has 11 heteroatoms. The second-order valence-corrected chi connectivity index (χ2v) is 9.21. The monoisotopic (exact) mass is 464 g/mol. The van der Waals surface area contributed by atoms with E-state index in [4.69, 9.17) is 16.9 Å². The molecule has 0 aliphatic carbocycles. The maximum Gasteiger partial charge on any atom is 0.269 e. The molecule has 0 heterocycles. The van der Waals surface area contributed by atoms with Crippen LogP contribution in [0.3, 0.4) is 0 Å². The summed E-state index contributed by atoms with van der Waals surface area (Å²) in [6.45, 7) is 3.05. The first-order valence-electron chi connectivity index (χ1n) is 8.99. The Morgan fingerprint density at radius 1 is 1.13 bits per heavy atom. The van der Waals surface area contributed by atoms with Crippen LogP contribution in [0.1, 0.15) is 28.4 Å². The summed E-state index contributed by atoms with van der Waals surface area (Å²) in [5.74, 6) is -1.40.